The van der Waals surface area contributed by atoms with E-state index >= 15 is 0 Å². The zero-order chi connectivity index (χ0) is 12.5. The number of carbonyl (C=O) groups is 1. The molecule has 1 aromatic rings. The van der Waals surface area contributed by atoms with E-state index in [1.165, 1.54) is 6.07 Å². The van der Waals surface area contributed by atoms with Gasteiger partial charge in [0.05, 0.1) is 16.3 Å². The van der Waals surface area contributed by atoms with Gasteiger partial charge in [-0.3, -0.25) is 0 Å². The third-order valence-corrected chi connectivity index (χ3v) is 2.68. The van der Waals surface area contributed by atoms with Gasteiger partial charge in [-0.05, 0) is 48.8 Å². The first kappa shape index (κ1) is 13.3. The number of anilines is 1. The number of hydrogen-bond donors (Lipinski definition) is 1. The Balaban J connectivity index is 3.02. The molecular formula is C11H13BrClNO2. The second-order valence-corrected chi connectivity index (χ2v) is 5.62. The van der Waals surface area contributed by atoms with Crippen LogP contribution in [0.1, 0.15) is 31.1 Å². The summed E-state index contributed by atoms with van der Waals surface area (Å²) < 4.78 is 5.80. The van der Waals surface area contributed by atoms with Crippen LogP contribution in [0.5, 0.6) is 0 Å². The predicted octanol–water partition coefficient (Wildman–Crippen LogP) is 3.64. The molecule has 0 unspecified atom stereocenters. The molecule has 0 aliphatic carbocycles. The Morgan fingerprint density at radius 1 is 1.44 bits per heavy atom. The van der Waals surface area contributed by atoms with E-state index in [2.05, 4.69) is 15.9 Å². The lowest BCUT2D eigenvalue weighted by Gasteiger charge is -2.19. The molecule has 5 heteroatoms. The highest BCUT2D eigenvalue weighted by Gasteiger charge is 2.19. The van der Waals surface area contributed by atoms with E-state index in [1.54, 1.807) is 26.8 Å². The average Bonchev–Trinajstić information content (AvgIpc) is 2.10. The van der Waals surface area contributed by atoms with Crippen molar-refractivity contribution in [3.05, 3.63) is 27.2 Å². The van der Waals surface area contributed by atoms with Gasteiger partial charge in [0.1, 0.15) is 5.60 Å². The second-order valence-electron chi connectivity index (χ2n) is 4.36. The van der Waals surface area contributed by atoms with Crippen LogP contribution in [0.25, 0.3) is 0 Å². The van der Waals surface area contributed by atoms with Gasteiger partial charge in [0.15, 0.2) is 0 Å². The molecule has 0 heterocycles. The topological polar surface area (TPSA) is 52.3 Å². The first-order valence-corrected chi connectivity index (χ1v) is 5.85. The lowest BCUT2D eigenvalue weighted by Crippen LogP contribution is -2.23. The van der Waals surface area contributed by atoms with Crippen LogP contribution in [0.15, 0.2) is 16.6 Å². The normalized spacial score (nSPS) is 11.3. The smallest absolute Gasteiger partial charge is 0.338 e. The van der Waals surface area contributed by atoms with Crippen molar-refractivity contribution in [3.63, 3.8) is 0 Å². The van der Waals surface area contributed by atoms with Gasteiger partial charge < -0.3 is 10.5 Å². The fourth-order valence-electron chi connectivity index (χ4n) is 1.04. The first-order chi connectivity index (χ1) is 7.20. The van der Waals surface area contributed by atoms with Crippen molar-refractivity contribution in [2.24, 2.45) is 0 Å². The van der Waals surface area contributed by atoms with Crippen molar-refractivity contribution in [1.82, 2.24) is 0 Å². The van der Waals surface area contributed by atoms with Crippen molar-refractivity contribution in [2.45, 2.75) is 26.4 Å². The maximum Gasteiger partial charge on any atom is 0.338 e. The third kappa shape index (κ3) is 3.39. The van der Waals surface area contributed by atoms with E-state index in [9.17, 15) is 4.79 Å². The molecule has 0 amide bonds. The first-order valence-electron chi connectivity index (χ1n) is 4.68. The molecule has 0 spiro atoms. The lowest BCUT2D eigenvalue weighted by atomic mass is 10.1. The van der Waals surface area contributed by atoms with E-state index in [-0.39, 0.29) is 0 Å². The van der Waals surface area contributed by atoms with Crippen LogP contribution in [0, 0.1) is 0 Å². The van der Waals surface area contributed by atoms with Crippen LogP contribution in [0.3, 0.4) is 0 Å². The summed E-state index contributed by atoms with van der Waals surface area (Å²) in [4.78, 5) is 11.7. The standard InChI is InChI=1S/C11H13BrClNO2/c1-11(2,3)16-10(15)6-4-7(12)9(14)8(13)5-6/h4-5H,14H2,1-3H3. The Bertz CT molecular complexity index is 403. The molecule has 0 saturated carbocycles. The zero-order valence-electron chi connectivity index (χ0n) is 9.30. The molecule has 0 aliphatic rings. The van der Waals surface area contributed by atoms with Gasteiger partial charge in [0.2, 0.25) is 0 Å². The minimum Gasteiger partial charge on any atom is -0.456 e. The Morgan fingerprint density at radius 2 is 2.00 bits per heavy atom. The lowest BCUT2D eigenvalue weighted by molar-refractivity contribution is 0.00695. The molecule has 3 nitrogen and oxygen atoms in total. The number of carbonyl (C=O) groups excluding carboxylic acids is 1. The highest BCUT2D eigenvalue weighted by molar-refractivity contribution is 9.10. The number of esters is 1. The van der Waals surface area contributed by atoms with Crippen LogP contribution in [0.2, 0.25) is 5.02 Å². The van der Waals surface area contributed by atoms with Crippen LogP contribution >= 0.6 is 27.5 Å². The summed E-state index contributed by atoms with van der Waals surface area (Å²) in [6.07, 6.45) is 0. The molecule has 0 radical (unpaired) electrons. The summed E-state index contributed by atoms with van der Waals surface area (Å²) in [5, 5.41) is 0.329. The highest BCUT2D eigenvalue weighted by Crippen LogP contribution is 2.29. The predicted molar refractivity (Wildman–Crippen MR) is 68.7 cm³/mol. The molecule has 0 fully saturated rings. The van der Waals surface area contributed by atoms with Crippen LogP contribution in [0.4, 0.5) is 5.69 Å². The minimum atomic E-state index is -0.530. The molecule has 0 bridgehead atoms. The molecule has 0 atom stereocenters. The molecule has 0 aromatic heterocycles. The summed E-state index contributed by atoms with van der Waals surface area (Å²) in [6, 6.07) is 3.09. The number of benzene rings is 1. The molecular weight excluding hydrogens is 293 g/mol. The zero-order valence-corrected chi connectivity index (χ0v) is 11.6. The number of hydrogen-bond acceptors (Lipinski definition) is 3. The monoisotopic (exact) mass is 305 g/mol. The summed E-state index contributed by atoms with van der Waals surface area (Å²) in [5.74, 6) is -0.421. The quantitative estimate of drug-likeness (QED) is 0.636. The number of halogens is 2. The molecule has 2 N–H and O–H groups in total. The van der Waals surface area contributed by atoms with Crippen molar-refractivity contribution in [2.75, 3.05) is 5.73 Å². The largest absolute Gasteiger partial charge is 0.456 e. The van der Waals surface area contributed by atoms with Crippen molar-refractivity contribution in [3.8, 4) is 0 Å². The Kier molecular flexibility index (Phi) is 3.86. The van der Waals surface area contributed by atoms with Crippen molar-refractivity contribution < 1.29 is 9.53 Å². The highest BCUT2D eigenvalue weighted by atomic mass is 79.9. The average molecular weight is 307 g/mol. The van der Waals surface area contributed by atoms with E-state index in [0.29, 0.717) is 20.7 Å². The molecule has 1 rings (SSSR count). The maximum absolute atomic E-state index is 11.7. The van der Waals surface area contributed by atoms with Crippen LogP contribution < -0.4 is 5.73 Å². The summed E-state index contributed by atoms with van der Waals surface area (Å²) >= 11 is 9.10. The third-order valence-electron chi connectivity index (χ3n) is 1.71. The fraction of sp³-hybridized carbons (Fsp3) is 0.364. The summed E-state index contributed by atoms with van der Waals surface area (Å²) in [7, 11) is 0. The molecule has 16 heavy (non-hydrogen) atoms. The van der Waals surface area contributed by atoms with Gasteiger partial charge in [0, 0.05) is 4.47 Å². The molecule has 1 aromatic carbocycles. The summed E-state index contributed by atoms with van der Waals surface area (Å²) in [5.41, 5.74) is 5.90. The van der Waals surface area contributed by atoms with E-state index in [4.69, 9.17) is 22.1 Å². The van der Waals surface area contributed by atoms with E-state index in [0.717, 1.165) is 0 Å². The number of ether oxygens (including phenoxy) is 1. The number of nitrogens with two attached hydrogens (primary N) is 1. The molecule has 0 saturated heterocycles. The Hall–Kier alpha value is -0.740. The van der Waals surface area contributed by atoms with Crippen LogP contribution in [-0.4, -0.2) is 11.6 Å². The van der Waals surface area contributed by atoms with Crippen molar-refractivity contribution >= 4 is 39.2 Å². The summed E-state index contributed by atoms with van der Waals surface area (Å²) in [6.45, 7) is 5.41. The van der Waals surface area contributed by atoms with Crippen molar-refractivity contribution in [1.29, 1.82) is 0 Å². The van der Waals surface area contributed by atoms with Gasteiger partial charge in [-0.15, -0.1) is 0 Å². The van der Waals surface area contributed by atoms with Gasteiger partial charge in [-0.2, -0.15) is 0 Å². The molecule has 0 aliphatic heterocycles. The molecule has 88 valence electrons. The Morgan fingerprint density at radius 3 is 2.44 bits per heavy atom. The maximum atomic E-state index is 11.7. The SMILES string of the molecule is CC(C)(C)OC(=O)c1cc(Cl)c(N)c(Br)c1. The number of nitrogen functional groups attached to an aromatic ring is 1. The number of rotatable bonds is 1. The van der Waals surface area contributed by atoms with Gasteiger partial charge in [-0.25, -0.2) is 4.79 Å². The minimum absolute atomic E-state index is 0.329. The van der Waals surface area contributed by atoms with Gasteiger partial charge in [-0.1, -0.05) is 11.6 Å². The van der Waals surface area contributed by atoms with Gasteiger partial charge >= 0.3 is 5.97 Å². The van der Waals surface area contributed by atoms with E-state index in [1.807, 2.05) is 0 Å². The second kappa shape index (κ2) is 4.63. The van der Waals surface area contributed by atoms with Gasteiger partial charge in [0.25, 0.3) is 0 Å². The fourth-order valence-corrected chi connectivity index (χ4v) is 1.83. The van der Waals surface area contributed by atoms with Crippen LogP contribution in [-0.2, 0) is 4.74 Å². The van der Waals surface area contributed by atoms with E-state index < -0.39 is 11.6 Å². The Labute approximate surface area is 108 Å².